The number of benzene rings is 1. The van der Waals surface area contributed by atoms with E-state index in [2.05, 4.69) is 15.3 Å². The molecular formula is C13H16N4O3. The van der Waals surface area contributed by atoms with Crippen LogP contribution in [0, 0.1) is 16.0 Å². The second-order valence-electron chi connectivity index (χ2n) is 4.87. The quantitative estimate of drug-likeness (QED) is 0.639. The first kappa shape index (κ1) is 14.1. The van der Waals surface area contributed by atoms with Crippen LogP contribution in [0.25, 0.3) is 10.9 Å². The van der Waals surface area contributed by atoms with Crippen LogP contribution < -0.4 is 5.32 Å². The van der Waals surface area contributed by atoms with Crippen LogP contribution in [0.3, 0.4) is 0 Å². The van der Waals surface area contributed by atoms with Gasteiger partial charge in [-0.05, 0) is 12.0 Å². The van der Waals surface area contributed by atoms with Gasteiger partial charge in [0.25, 0.3) is 5.69 Å². The maximum absolute atomic E-state index is 10.8. The van der Waals surface area contributed by atoms with Crippen LogP contribution in [0.4, 0.5) is 11.5 Å². The molecule has 1 aromatic heterocycles. The Morgan fingerprint density at radius 1 is 1.40 bits per heavy atom. The van der Waals surface area contributed by atoms with Gasteiger partial charge in [0.05, 0.1) is 16.5 Å². The number of nitrogens with zero attached hydrogens (tertiary/aromatic N) is 3. The zero-order valence-corrected chi connectivity index (χ0v) is 11.3. The molecule has 0 bridgehead atoms. The van der Waals surface area contributed by atoms with Gasteiger partial charge < -0.3 is 10.4 Å². The van der Waals surface area contributed by atoms with Crippen molar-refractivity contribution in [3.63, 3.8) is 0 Å². The number of anilines is 1. The predicted octanol–water partition coefficient (Wildman–Crippen LogP) is 1.97. The molecule has 1 heterocycles. The van der Waals surface area contributed by atoms with Crippen LogP contribution in [0.5, 0.6) is 0 Å². The molecule has 2 rings (SSSR count). The minimum atomic E-state index is -0.515. The number of nitro groups is 1. The van der Waals surface area contributed by atoms with E-state index < -0.39 is 11.0 Å². The highest BCUT2D eigenvalue weighted by atomic mass is 16.6. The summed E-state index contributed by atoms with van der Waals surface area (Å²) in [4.78, 5) is 18.5. The molecule has 7 nitrogen and oxygen atoms in total. The van der Waals surface area contributed by atoms with Crippen molar-refractivity contribution in [2.45, 2.75) is 20.0 Å². The van der Waals surface area contributed by atoms with Crippen molar-refractivity contribution >= 4 is 22.4 Å². The zero-order chi connectivity index (χ0) is 14.7. The molecule has 0 aliphatic carbocycles. The lowest BCUT2D eigenvalue weighted by molar-refractivity contribution is -0.384. The van der Waals surface area contributed by atoms with Crippen molar-refractivity contribution in [1.82, 2.24) is 9.97 Å². The van der Waals surface area contributed by atoms with E-state index in [4.69, 9.17) is 0 Å². The minimum absolute atomic E-state index is 0.0141. The van der Waals surface area contributed by atoms with Crippen LogP contribution in [-0.2, 0) is 0 Å². The number of aliphatic hydroxyl groups is 1. The van der Waals surface area contributed by atoms with Gasteiger partial charge in [-0.15, -0.1) is 0 Å². The Hall–Kier alpha value is -2.28. The summed E-state index contributed by atoms with van der Waals surface area (Å²) in [6.07, 6.45) is 0.872. The van der Waals surface area contributed by atoms with Gasteiger partial charge in [0.2, 0.25) is 0 Å². The van der Waals surface area contributed by atoms with Gasteiger partial charge >= 0.3 is 0 Å². The normalized spacial score (nSPS) is 12.6. The van der Waals surface area contributed by atoms with E-state index in [1.165, 1.54) is 18.5 Å². The first-order chi connectivity index (χ1) is 9.49. The number of aliphatic hydroxyl groups excluding tert-OH is 1. The molecule has 0 spiro atoms. The topological polar surface area (TPSA) is 101 Å². The fourth-order valence-electron chi connectivity index (χ4n) is 1.74. The number of aromatic nitrogens is 2. The monoisotopic (exact) mass is 276 g/mol. The van der Waals surface area contributed by atoms with Crippen molar-refractivity contribution in [3.05, 3.63) is 34.6 Å². The predicted molar refractivity (Wildman–Crippen MR) is 75.5 cm³/mol. The molecule has 0 radical (unpaired) electrons. The third-order valence-corrected chi connectivity index (χ3v) is 3.08. The summed E-state index contributed by atoms with van der Waals surface area (Å²) in [5.41, 5.74) is 0.604. The van der Waals surface area contributed by atoms with Crippen LogP contribution >= 0.6 is 0 Å². The summed E-state index contributed by atoms with van der Waals surface area (Å²) in [5, 5.41) is 24.2. The van der Waals surface area contributed by atoms with E-state index in [1.807, 2.05) is 13.8 Å². The highest BCUT2D eigenvalue weighted by Gasteiger charge is 2.13. The molecule has 0 fully saturated rings. The molecule has 0 aliphatic heterocycles. The third kappa shape index (κ3) is 3.00. The number of non-ortho nitro benzene ring substituents is 1. The Morgan fingerprint density at radius 2 is 2.15 bits per heavy atom. The molecule has 0 saturated carbocycles. The highest BCUT2D eigenvalue weighted by molar-refractivity contribution is 5.90. The number of nitrogens with one attached hydrogen (secondary N) is 1. The maximum Gasteiger partial charge on any atom is 0.270 e. The Balaban J connectivity index is 2.32. The number of fused-ring (bicyclic) bond motifs is 1. The Kier molecular flexibility index (Phi) is 4.09. The standard InChI is InChI=1S/C13H16N4O3/c1-8(2)12(18)6-14-13-10-5-9(17(19)20)3-4-11(10)15-7-16-13/h3-5,7-8,12,18H,6H2,1-2H3,(H,14,15,16). The molecule has 0 saturated heterocycles. The van der Waals surface area contributed by atoms with E-state index in [0.29, 0.717) is 23.3 Å². The van der Waals surface area contributed by atoms with E-state index in [-0.39, 0.29) is 11.6 Å². The van der Waals surface area contributed by atoms with E-state index in [1.54, 1.807) is 6.07 Å². The zero-order valence-electron chi connectivity index (χ0n) is 11.3. The molecule has 1 unspecified atom stereocenters. The summed E-state index contributed by atoms with van der Waals surface area (Å²) >= 11 is 0. The molecule has 0 aliphatic rings. The van der Waals surface area contributed by atoms with Crippen LogP contribution in [0.1, 0.15) is 13.8 Å². The summed E-state index contributed by atoms with van der Waals surface area (Å²) in [5.74, 6) is 0.600. The van der Waals surface area contributed by atoms with Crippen LogP contribution in [-0.4, -0.2) is 32.6 Å². The van der Waals surface area contributed by atoms with Crippen molar-refractivity contribution in [3.8, 4) is 0 Å². The van der Waals surface area contributed by atoms with Gasteiger partial charge in [-0.1, -0.05) is 13.8 Å². The van der Waals surface area contributed by atoms with E-state index >= 15 is 0 Å². The average Bonchev–Trinajstić information content (AvgIpc) is 2.43. The lowest BCUT2D eigenvalue weighted by Gasteiger charge is -2.16. The molecule has 0 amide bonds. The van der Waals surface area contributed by atoms with E-state index in [0.717, 1.165) is 0 Å². The first-order valence-electron chi connectivity index (χ1n) is 6.30. The molecule has 2 aromatic rings. The molecule has 2 N–H and O–H groups in total. The number of hydrogen-bond donors (Lipinski definition) is 2. The lowest BCUT2D eigenvalue weighted by atomic mass is 10.1. The Morgan fingerprint density at radius 3 is 2.80 bits per heavy atom. The Bertz CT molecular complexity index is 630. The average molecular weight is 276 g/mol. The molecule has 1 aromatic carbocycles. The van der Waals surface area contributed by atoms with Gasteiger partial charge in [-0.3, -0.25) is 10.1 Å². The molecule has 1 atom stereocenters. The minimum Gasteiger partial charge on any atom is -0.391 e. The van der Waals surface area contributed by atoms with Gasteiger partial charge in [-0.2, -0.15) is 0 Å². The first-order valence-corrected chi connectivity index (χ1v) is 6.30. The summed E-state index contributed by atoms with van der Waals surface area (Å²) < 4.78 is 0. The highest BCUT2D eigenvalue weighted by Crippen LogP contribution is 2.24. The molecule has 7 heteroatoms. The fraction of sp³-hybridized carbons (Fsp3) is 0.385. The second kappa shape index (κ2) is 5.79. The SMILES string of the molecule is CC(C)C(O)CNc1ncnc2ccc([N+](=O)[O-])cc12. The maximum atomic E-state index is 10.8. The lowest BCUT2D eigenvalue weighted by Crippen LogP contribution is -2.25. The number of rotatable bonds is 5. The van der Waals surface area contributed by atoms with Crippen molar-refractivity contribution < 1.29 is 10.0 Å². The van der Waals surface area contributed by atoms with Gasteiger partial charge in [0.15, 0.2) is 0 Å². The van der Waals surface area contributed by atoms with Gasteiger partial charge in [0, 0.05) is 24.1 Å². The largest absolute Gasteiger partial charge is 0.391 e. The van der Waals surface area contributed by atoms with Crippen molar-refractivity contribution in [2.24, 2.45) is 5.92 Å². The van der Waals surface area contributed by atoms with E-state index in [9.17, 15) is 15.2 Å². The van der Waals surface area contributed by atoms with Crippen LogP contribution in [0.2, 0.25) is 0 Å². The smallest absolute Gasteiger partial charge is 0.270 e. The fourth-order valence-corrected chi connectivity index (χ4v) is 1.74. The number of hydrogen-bond acceptors (Lipinski definition) is 6. The van der Waals surface area contributed by atoms with Gasteiger partial charge in [0.1, 0.15) is 12.1 Å². The second-order valence-corrected chi connectivity index (χ2v) is 4.87. The van der Waals surface area contributed by atoms with Gasteiger partial charge in [-0.25, -0.2) is 9.97 Å². The molecule has 106 valence electrons. The summed E-state index contributed by atoms with van der Waals surface area (Å²) in [6.45, 7) is 4.15. The van der Waals surface area contributed by atoms with Crippen LogP contribution in [0.15, 0.2) is 24.5 Å². The Labute approximate surface area is 115 Å². The van der Waals surface area contributed by atoms with Crippen molar-refractivity contribution in [2.75, 3.05) is 11.9 Å². The molecular weight excluding hydrogens is 260 g/mol. The third-order valence-electron chi connectivity index (χ3n) is 3.08. The summed E-state index contributed by atoms with van der Waals surface area (Å²) in [6, 6.07) is 4.42. The molecule has 20 heavy (non-hydrogen) atoms. The van der Waals surface area contributed by atoms with Crippen molar-refractivity contribution in [1.29, 1.82) is 0 Å². The number of nitro benzene ring substituents is 1. The summed E-state index contributed by atoms with van der Waals surface area (Å²) in [7, 11) is 0.